The fourth-order valence-electron chi connectivity index (χ4n) is 3.58. The van der Waals surface area contributed by atoms with E-state index >= 15 is 0 Å². The van der Waals surface area contributed by atoms with Crippen molar-refractivity contribution in [2.75, 3.05) is 6.61 Å². The molecule has 3 atom stereocenters. The van der Waals surface area contributed by atoms with Crippen LogP contribution in [0.1, 0.15) is 61.9 Å². The maximum absolute atomic E-state index is 12.7. The second-order valence-electron chi connectivity index (χ2n) is 8.23. The molecule has 0 bridgehead atoms. The second kappa shape index (κ2) is 13.5. The van der Waals surface area contributed by atoms with Crippen molar-refractivity contribution in [1.82, 2.24) is 0 Å². The average molecular weight is 485 g/mol. The minimum atomic E-state index is -0.807. The van der Waals surface area contributed by atoms with Gasteiger partial charge < -0.3 is 23.7 Å². The maximum Gasteiger partial charge on any atom is 0.342 e. The predicted octanol–water partition coefficient (Wildman–Crippen LogP) is 4.59. The molecule has 1 heterocycles. The van der Waals surface area contributed by atoms with Crippen molar-refractivity contribution in [2.24, 2.45) is 0 Å². The first-order valence-electron chi connectivity index (χ1n) is 12.0. The van der Waals surface area contributed by atoms with Crippen LogP contribution in [0.15, 0.2) is 54.6 Å². The van der Waals surface area contributed by atoms with Crippen LogP contribution in [0.3, 0.4) is 0 Å². The molecule has 35 heavy (non-hydrogen) atoms. The van der Waals surface area contributed by atoms with Crippen molar-refractivity contribution in [3.63, 3.8) is 0 Å². The first-order chi connectivity index (χ1) is 17.0. The summed E-state index contributed by atoms with van der Waals surface area (Å²) in [6.07, 6.45) is -0.284. The van der Waals surface area contributed by atoms with Gasteiger partial charge in [0.25, 0.3) is 0 Å². The molecule has 0 saturated carbocycles. The smallest absolute Gasteiger partial charge is 0.342 e. The van der Waals surface area contributed by atoms with Crippen molar-refractivity contribution in [3.8, 4) is 5.75 Å². The normalized spacial score (nSPS) is 19.4. The van der Waals surface area contributed by atoms with Gasteiger partial charge in [-0.05, 0) is 30.5 Å². The standard InChI is InChI=1S/C27H32O8/c1-3-10-24(28)33-22-16-26(31-18-23(22)34-25(29)11-4-2)35-21-15-9-8-14-20(21)27(30)32-17-19-12-6-5-7-13-19/h5-9,12-15,22-23,26H,3-4,10-11,16-18H2,1-2H3/t22?,23-,26-/m1/s1. The molecule has 8 heteroatoms. The van der Waals surface area contributed by atoms with Crippen molar-refractivity contribution in [2.45, 2.75) is 71.1 Å². The molecule has 1 unspecified atom stereocenters. The summed E-state index contributed by atoms with van der Waals surface area (Å²) in [7, 11) is 0. The molecule has 0 aromatic heterocycles. The van der Waals surface area contributed by atoms with E-state index in [1.807, 2.05) is 44.2 Å². The van der Waals surface area contributed by atoms with E-state index < -0.39 is 24.5 Å². The van der Waals surface area contributed by atoms with Gasteiger partial charge in [-0.1, -0.05) is 56.3 Å². The summed E-state index contributed by atoms with van der Waals surface area (Å²) in [4.78, 5) is 36.9. The zero-order valence-electron chi connectivity index (χ0n) is 20.1. The quantitative estimate of drug-likeness (QED) is 0.337. The van der Waals surface area contributed by atoms with Crippen LogP contribution in [-0.4, -0.2) is 43.0 Å². The van der Waals surface area contributed by atoms with E-state index in [4.69, 9.17) is 23.7 Å². The van der Waals surface area contributed by atoms with Crippen LogP contribution in [-0.2, 0) is 35.1 Å². The summed E-state index contributed by atoms with van der Waals surface area (Å²) < 4.78 is 28.3. The topological polar surface area (TPSA) is 97.4 Å². The summed E-state index contributed by atoms with van der Waals surface area (Å²) >= 11 is 0. The number of benzene rings is 2. The summed E-state index contributed by atoms with van der Waals surface area (Å²) in [5.74, 6) is -0.990. The monoisotopic (exact) mass is 484 g/mol. The van der Waals surface area contributed by atoms with E-state index in [1.54, 1.807) is 24.3 Å². The number of esters is 3. The largest absolute Gasteiger partial charge is 0.464 e. The van der Waals surface area contributed by atoms with E-state index in [2.05, 4.69) is 0 Å². The molecule has 0 spiro atoms. The number of hydrogen-bond donors (Lipinski definition) is 0. The molecule has 0 aliphatic carbocycles. The molecule has 0 amide bonds. The third-order valence-electron chi connectivity index (χ3n) is 5.34. The van der Waals surface area contributed by atoms with Crippen LogP contribution in [0, 0.1) is 0 Å². The number of carbonyl (C=O) groups excluding carboxylic acids is 3. The molecular formula is C27H32O8. The Morgan fingerprint density at radius 1 is 0.857 bits per heavy atom. The summed E-state index contributed by atoms with van der Waals surface area (Å²) in [6, 6.07) is 16.1. The number of carbonyl (C=O) groups is 3. The molecule has 8 nitrogen and oxygen atoms in total. The highest BCUT2D eigenvalue weighted by atomic mass is 16.7. The lowest BCUT2D eigenvalue weighted by Gasteiger charge is -2.35. The number of para-hydroxylation sites is 1. The van der Waals surface area contributed by atoms with Crippen molar-refractivity contribution in [1.29, 1.82) is 0 Å². The second-order valence-corrected chi connectivity index (χ2v) is 8.23. The molecule has 2 aromatic carbocycles. The minimum absolute atomic E-state index is 0.00477. The van der Waals surface area contributed by atoms with Crippen LogP contribution in [0.4, 0.5) is 0 Å². The summed E-state index contributed by atoms with van der Waals surface area (Å²) in [5, 5.41) is 0. The lowest BCUT2D eigenvalue weighted by Crippen LogP contribution is -2.47. The number of hydrogen-bond acceptors (Lipinski definition) is 8. The molecule has 1 fully saturated rings. The fourth-order valence-corrected chi connectivity index (χ4v) is 3.58. The van der Waals surface area contributed by atoms with Crippen LogP contribution < -0.4 is 4.74 Å². The maximum atomic E-state index is 12.7. The van der Waals surface area contributed by atoms with Crippen molar-refractivity contribution in [3.05, 3.63) is 65.7 Å². The van der Waals surface area contributed by atoms with Gasteiger partial charge in [0.05, 0.1) is 13.0 Å². The zero-order valence-corrected chi connectivity index (χ0v) is 20.1. The van der Waals surface area contributed by atoms with Gasteiger partial charge in [0.15, 0.2) is 6.10 Å². The zero-order chi connectivity index (χ0) is 25.0. The summed E-state index contributed by atoms with van der Waals surface area (Å²) in [5.41, 5.74) is 1.12. The number of ether oxygens (including phenoxy) is 5. The third-order valence-corrected chi connectivity index (χ3v) is 5.34. The fraction of sp³-hybridized carbons (Fsp3) is 0.444. The highest BCUT2D eigenvalue weighted by molar-refractivity contribution is 5.92. The lowest BCUT2D eigenvalue weighted by atomic mass is 10.1. The molecule has 188 valence electrons. The van der Waals surface area contributed by atoms with Gasteiger partial charge in [-0.25, -0.2) is 4.79 Å². The van der Waals surface area contributed by atoms with Gasteiger partial charge in [-0.3, -0.25) is 9.59 Å². The van der Waals surface area contributed by atoms with Crippen LogP contribution in [0.5, 0.6) is 5.75 Å². The van der Waals surface area contributed by atoms with Crippen LogP contribution >= 0.6 is 0 Å². The van der Waals surface area contributed by atoms with Crippen LogP contribution in [0.25, 0.3) is 0 Å². The van der Waals surface area contributed by atoms with Crippen LogP contribution in [0.2, 0.25) is 0 Å². The van der Waals surface area contributed by atoms with Crippen molar-refractivity contribution < 1.29 is 38.1 Å². The molecular weight excluding hydrogens is 452 g/mol. The molecule has 1 aliphatic rings. The Hall–Kier alpha value is -3.39. The third kappa shape index (κ3) is 8.10. The first-order valence-corrected chi connectivity index (χ1v) is 12.0. The first kappa shape index (κ1) is 26.2. The highest BCUT2D eigenvalue weighted by Crippen LogP contribution is 2.27. The Kier molecular flexibility index (Phi) is 10.1. The molecule has 3 rings (SSSR count). The van der Waals surface area contributed by atoms with E-state index in [-0.39, 0.29) is 55.7 Å². The van der Waals surface area contributed by atoms with Gasteiger partial charge in [-0.15, -0.1) is 0 Å². The number of rotatable bonds is 11. The van der Waals surface area contributed by atoms with Gasteiger partial charge in [0, 0.05) is 12.8 Å². The van der Waals surface area contributed by atoms with E-state index in [1.165, 1.54) is 0 Å². The van der Waals surface area contributed by atoms with E-state index in [0.717, 1.165) is 5.56 Å². The summed E-state index contributed by atoms with van der Waals surface area (Å²) in [6.45, 7) is 3.90. The average Bonchev–Trinajstić information content (AvgIpc) is 2.85. The Morgan fingerprint density at radius 3 is 2.17 bits per heavy atom. The van der Waals surface area contributed by atoms with Gasteiger partial charge in [0.2, 0.25) is 6.29 Å². The van der Waals surface area contributed by atoms with Crippen molar-refractivity contribution >= 4 is 17.9 Å². The Labute approximate surface area is 205 Å². The lowest BCUT2D eigenvalue weighted by molar-refractivity contribution is -0.212. The van der Waals surface area contributed by atoms with Gasteiger partial charge in [0.1, 0.15) is 24.0 Å². The van der Waals surface area contributed by atoms with Gasteiger partial charge in [-0.2, -0.15) is 0 Å². The molecule has 2 aromatic rings. The molecule has 1 saturated heterocycles. The Balaban J connectivity index is 1.66. The van der Waals surface area contributed by atoms with Gasteiger partial charge >= 0.3 is 17.9 Å². The molecule has 0 N–H and O–H groups in total. The van der Waals surface area contributed by atoms with E-state index in [9.17, 15) is 14.4 Å². The minimum Gasteiger partial charge on any atom is -0.464 e. The van der Waals surface area contributed by atoms with E-state index in [0.29, 0.717) is 12.8 Å². The molecule has 1 aliphatic heterocycles. The predicted molar refractivity (Wildman–Crippen MR) is 127 cm³/mol. The Bertz CT molecular complexity index is 974. The Morgan fingerprint density at radius 2 is 1.49 bits per heavy atom. The SMILES string of the molecule is CCCC(=O)OC1C[C@@H](Oc2ccccc2C(=O)OCc2ccccc2)OC[C@H]1OC(=O)CCC. The highest BCUT2D eigenvalue weighted by Gasteiger charge is 2.38. The molecule has 0 radical (unpaired) electrons.